The van der Waals surface area contributed by atoms with Crippen molar-refractivity contribution in [2.24, 2.45) is 0 Å². The van der Waals surface area contributed by atoms with E-state index in [4.69, 9.17) is 0 Å². The number of benzene rings is 1. The van der Waals surface area contributed by atoms with Crippen molar-refractivity contribution in [2.45, 2.75) is 27.2 Å². The van der Waals surface area contributed by atoms with Gasteiger partial charge in [-0.15, -0.1) is 0 Å². The van der Waals surface area contributed by atoms with Crippen LogP contribution in [-0.2, 0) is 6.42 Å². The smallest absolute Gasteiger partial charge is 0.132 e. The minimum atomic E-state index is 0.722. The van der Waals surface area contributed by atoms with Gasteiger partial charge in [0.1, 0.15) is 11.6 Å². The van der Waals surface area contributed by atoms with Crippen molar-refractivity contribution in [3.05, 3.63) is 59.1 Å². The largest absolute Gasteiger partial charge is 0.241 e. The van der Waals surface area contributed by atoms with Crippen LogP contribution < -0.4 is 0 Å². The number of aromatic nitrogens is 4. The topological polar surface area (TPSA) is 51.6 Å². The first-order chi connectivity index (χ1) is 9.61. The van der Waals surface area contributed by atoms with Gasteiger partial charge in [-0.25, -0.2) is 19.9 Å². The lowest BCUT2D eigenvalue weighted by atomic mass is 10.1. The van der Waals surface area contributed by atoms with Gasteiger partial charge >= 0.3 is 0 Å². The van der Waals surface area contributed by atoms with Crippen LogP contribution in [0.5, 0.6) is 0 Å². The zero-order valence-electron chi connectivity index (χ0n) is 11.9. The van der Waals surface area contributed by atoms with E-state index in [9.17, 15) is 0 Å². The molecular weight excluding hydrogens is 248 g/mol. The number of hydrogen-bond donors (Lipinski definition) is 0. The monoisotopic (exact) mass is 264 g/mol. The van der Waals surface area contributed by atoms with E-state index in [2.05, 4.69) is 38.1 Å². The van der Waals surface area contributed by atoms with Crippen molar-refractivity contribution in [2.75, 3.05) is 0 Å². The Morgan fingerprint density at radius 2 is 1.80 bits per heavy atom. The molecule has 3 aromatic rings. The van der Waals surface area contributed by atoms with Crippen LogP contribution in [0, 0.1) is 20.8 Å². The van der Waals surface area contributed by atoms with E-state index in [0.717, 1.165) is 40.4 Å². The summed E-state index contributed by atoms with van der Waals surface area (Å²) in [6.07, 6.45) is 2.52. The SMILES string of the molecule is Cc1ccnc(Cc2ccc3c(C)nc(C)nc3c2)n1. The molecule has 0 saturated carbocycles. The van der Waals surface area contributed by atoms with Gasteiger partial charge in [0.05, 0.1) is 5.52 Å². The fourth-order valence-corrected chi connectivity index (χ4v) is 2.36. The second-order valence-corrected chi connectivity index (χ2v) is 5.00. The van der Waals surface area contributed by atoms with Crippen molar-refractivity contribution in [1.82, 2.24) is 19.9 Å². The van der Waals surface area contributed by atoms with E-state index in [1.807, 2.05) is 26.8 Å². The second-order valence-electron chi connectivity index (χ2n) is 5.00. The summed E-state index contributed by atoms with van der Waals surface area (Å²) in [6.45, 7) is 5.91. The average Bonchev–Trinajstić information content (AvgIpc) is 2.38. The molecule has 0 fully saturated rings. The van der Waals surface area contributed by atoms with Crippen molar-refractivity contribution < 1.29 is 0 Å². The molecule has 0 atom stereocenters. The summed E-state index contributed by atoms with van der Waals surface area (Å²) in [5.74, 6) is 1.64. The standard InChI is InChI=1S/C16H16N4/c1-10-6-7-17-16(18-10)9-13-4-5-14-11(2)19-12(3)20-15(14)8-13/h4-8H,9H2,1-3H3. The molecule has 0 unspecified atom stereocenters. The van der Waals surface area contributed by atoms with Crippen molar-refractivity contribution >= 4 is 10.9 Å². The quantitative estimate of drug-likeness (QED) is 0.714. The fourth-order valence-electron chi connectivity index (χ4n) is 2.36. The van der Waals surface area contributed by atoms with Gasteiger partial charge in [-0.2, -0.15) is 0 Å². The molecule has 0 amide bonds. The van der Waals surface area contributed by atoms with E-state index in [1.54, 1.807) is 6.20 Å². The molecule has 0 aliphatic carbocycles. The first kappa shape index (κ1) is 12.7. The van der Waals surface area contributed by atoms with Crippen LogP contribution in [0.1, 0.15) is 28.6 Å². The first-order valence-corrected chi connectivity index (χ1v) is 6.64. The van der Waals surface area contributed by atoms with Gasteiger partial charge in [0, 0.05) is 29.4 Å². The third kappa shape index (κ3) is 2.50. The van der Waals surface area contributed by atoms with Gasteiger partial charge < -0.3 is 0 Å². The van der Waals surface area contributed by atoms with Crippen LogP contribution in [-0.4, -0.2) is 19.9 Å². The fraction of sp³-hybridized carbons (Fsp3) is 0.250. The number of fused-ring (bicyclic) bond motifs is 1. The summed E-state index contributed by atoms with van der Waals surface area (Å²) >= 11 is 0. The van der Waals surface area contributed by atoms with Crippen molar-refractivity contribution in [1.29, 1.82) is 0 Å². The zero-order valence-corrected chi connectivity index (χ0v) is 11.9. The maximum absolute atomic E-state index is 4.50. The Labute approximate surface area is 118 Å². The highest BCUT2D eigenvalue weighted by Gasteiger charge is 2.05. The Kier molecular flexibility index (Phi) is 3.14. The van der Waals surface area contributed by atoms with Crippen LogP contribution >= 0.6 is 0 Å². The Hall–Kier alpha value is -2.36. The van der Waals surface area contributed by atoms with Crippen LogP contribution in [0.15, 0.2) is 30.5 Å². The molecule has 100 valence electrons. The van der Waals surface area contributed by atoms with Crippen molar-refractivity contribution in [3.63, 3.8) is 0 Å². The summed E-state index contributed by atoms with van der Waals surface area (Å²) in [6, 6.07) is 8.18. The van der Waals surface area contributed by atoms with Gasteiger partial charge in [0.2, 0.25) is 0 Å². The first-order valence-electron chi connectivity index (χ1n) is 6.64. The van der Waals surface area contributed by atoms with Gasteiger partial charge in [-0.3, -0.25) is 0 Å². The van der Waals surface area contributed by atoms with Crippen LogP contribution in [0.25, 0.3) is 10.9 Å². The minimum absolute atomic E-state index is 0.722. The second kappa shape index (κ2) is 4.96. The maximum Gasteiger partial charge on any atom is 0.132 e. The molecular formula is C16H16N4. The summed E-state index contributed by atoms with van der Waals surface area (Å²) in [7, 11) is 0. The van der Waals surface area contributed by atoms with Gasteiger partial charge in [-0.1, -0.05) is 12.1 Å². The summed E-state index contributed by atoms with van der Waals surface area (Å²) < 4.78 is 0. The predicted molar refractivity (Wildman–Crippen MR) is 78.6 cm³/mol. The van der Waals surface area contributed by atoms with Crippen molar-refractivity contribution in [3.8, 4) is 0 Å². The van der Waals surface area contributed by atoms with Crippen LogP contribution in [0.3, 0.4) is 0 Å². The summed E-state index contributed by atoms with van der Waals surface area (Å²) in [5, 5.41) is 1.10. The van der Waals surface area contributed by atoms with E-state index in [1.165, 1.54) is 5.56 Å². The highest BCUT2D eigenvalue weighted by atomic mass is 14.9. The molecule has 0 radical (unpaired) electrons. The third-order valence-corrected chi connectivity index (χ3v) is 3.27. The van der Waals surface area contributed by atoms with E-state index in [-0.39, 0.29) is 0 Å². The lowest BCUT2D eigenvalue weighted by Crippen LogP contribution is -1.99. The van der Waals surface area contributed by atoms with Crippen LogP contribution in [0.4, 0.5) is 0 Å². The highest BCUT2D eigenvalue weighted by molar-refractivity contribution is 5.81. The molecule has 0 N–H and O–H groups in total. The Balaban J connectivity index is 2.01. The molecule has 1 aromatic carbocycles. The lowest BCUT2D eigenvalue weighted by molar-refractivity contribution is 0.942. The Morgan fingerprint density at radius 1 is 0.950 bits per heavy atom. The maximum atomic E-state index is 4.50. The number of rotatable bonds is 2. The van der Waals surface area contributed by atoms with E-state index < -0.39 is 0 Å². The zero-order chi connectivity index (χ0) is 14.1. The number of hydrogen-bond acceptors (Lipinski definition) is 4. The number of aryl methyl sites for hydroxylation is 3. The molecule has 4 nitrogen and oxygen atoms in total. The van der Waals surface area contributed by atoms with Gasteiger partial charge in [0.15, 0.2) is 0 Å². The average molecular weight is 264 g/mol. The minimum Gasteiger partial charge on any atom is -0.241 e. The summed E-state index contributed by atoms with van der Waals surface area (Å²) in [5.41, 5.74) is 4.16. The normalized spacial score (nSPS) is 10.9. The van der Waals surface area contributed by atoms with E-state index in [0.29, 0.717) is 0 Å². The molecule has 0 saturated heterocycles. The molecule has 20 heavy (non-hydrogen) atoms. The molecule has 3 rings (SSSR count). The van der Waals surface area contributed by atoms with Gasteiger partial charge in [-0.05, 0) is 38.5 Å². The molecule has 2 heterocycles. The van der Waals surface area contributed by atoms with E-state index >= 15 is 0 Å². The third-order valence-electron chi connectivity index (χ3n) is 3.27. The Bertz CT molecular complexity index is 781. The molecule has 0 bridgehead atoms. The lowest BCUT2D eigenvalue weighted by Gasteiger charge is -2.06. The molecule has 0 aliphatic rings. The summed E-state index contributed by atoms with van der Waals surface area (Å²) in [4.78, 5) is 17.6. The molecule has 4 heteroatoms. The predicted octanol–water partition coefficient (Wildman–Crippen LogP) is 2.94. The number of nitrogens with zero attached hydrogens (tertiary/aromatic N) is 4. The highest BCUT2D eigenvalue weighted by Crippen LogP contribution is 2.18. The molecule has 2 aromatic heterocycles. The Morgan fingerprint density at radius 3 is 2.60 bits per heavy atom. The van der Waals surface area contributed by atoms with Gasteiger partial charge in [0.25, 0.3) is 0 Å². The molecule has 0 spiro atoms. The van der Waals surface area contributed by atoms with Crippen LogP contribution in [0.2, 0.25) is 0 Å². The molecule has 0 aliphatic heterocycles.